The number of benzene rings is 4. The minimum atomic E-state index is -1.54. The molecular formula is C40H38Cl4N4O5. The lowest BCUT2D eigenvalue weighted by atomic mass is 10.0. The van der Waals surface area contributed by atoms with Crippen LogP contribution in [0.3, 0.4) is 0 Å². The number of carbonyl (C=O) groups is 1. The summed E-state index contributed by atoms with van der Waals surface area (Å²) in [6, 6.07) is 24.9. The van der Waals surface area contributed by atoms with Crippen molar-refractivity contribution in [1.29, 1.82) is 0 Å². The van der Waals surface area contributed by atoms with E-state index in [1.807, 2.05) is 36.4 Å². The molecule has 4 aromatic carbocycles. The molecule has 6 aromatic rings. The highest BCUT2D eigenvalue weighted by Crippen LogP contribution is 2.32. The fourth-order valence-corrected chi connectivity index (χ4v) is 7.83. The van der Waals surface area contributed by atoms with Crippen molar-refractivity contribution in [2.24, 2.45) is 0 Å². The van der Waals surface area contributed by atoms with Gasteiger partial charge in [0.25, 0.3) is 5.91 Å². The van der Waals surface area contributed by atoms with Crippen molar-refractivity contribution in [2.45, 2.75) is 50.3 Å². The second-order valence-electron chi connectivity index (χ2n) is 13.5. The summed E-state index contributed by atoms with van der Waals surface area (Å²) in [4.78, 5) is 23.2. The molecule has 13 heteroatoms. The highest BCUT2D eigenvalue weighted by atomic mass is 35.5. The average molecular weight is 797 g/mol. The number of aromatic nitrogens is 2. The number of nitrogens with one attached hydrogen (secondary N) is 2. The van der Waals surface area contributed by atoms with E-state index in [0.29, 0.717) is 58.8 Å². The van der Waals surface area contributed by atoms with Gasteiger partial charge in [-0.15, -0.1) is 0 Å². The first-order chi connectivity index (χ1) is 25.4. The predicted molar refractivity (Wildman–Crippen MR) is 210 cm³/mol. The fourth-order valence-electron chi connectivity index (χ4n) is 7.24. The van der Waals surface area contributed by atoms with Crippen LogP contribution in [0.2, 0.25) is 20.1 Å². The predicted octanol–water partition coefficient (Wildman–Crippen LogP) is 7.38. The van der Waals surface area contributed by atoms with Crippen molar-refractivity contribution in [2.75, 3.05) is 19.6 Å². The standard InChI is InChI=1S/C20H18Cl2N2O3.C20H20Cl2N2O2/c21-12-3-1-11(2-4-12)18(25)19(26)20(27)24-8-7-14-15-9-13(22)5-6-16(15)23-17(14)10-24;21-13-3-1-12(2-4-13)20(26)19(25)11-24-8-7-15-16-9-14(22)5-6-17(16)23-18(15)10-24/h1-6,9,18-19,23,25-26H,7-8,10H2;1-6,9,19-20,23,25-26H,7-8,10-11H2. The Labute approximate surface area is 326 Å². The minimum absolute atomic E-state index is 0.352. The molecule has 0 bridgehead atoms. The van der Waals surface area contributed by atoms with E-state index in [2.05, 4.69) is 14.9 Å². The third-order valence-corrected chi connectivity index (χ3v) is 11.0. The Morgan fingerprint density at radius 2 is 1.09 bits per heavy atom. The molecule has 9 nitrogen and oxygen atoms in total. The van der Waals surface area contributed by atoms with Crippen LogP contribution in [0.5, 0.6) is 0 Å². The molecule has 0 aliphatic carbocycles. The van der Waals surface area contributed by atoms with Crippen molar-refractivity contribution in [3.8, 4) is 0 Å². The van der Waals surface area contributed by atoms with Gasteiger partial charge in [-0.25, -0.2) is 0 Å². The highest BCUT2D eigenvalue weighted by Gasteiger charge is 2.33. The van der Waals surface area contributed by atoms with Crippen LogP contribution in [0.25, 0.3) is 21.8 Å². The zero-order chi connectivity index (χ0) is 37.4. The van der Waals surface area contributed by atoms with Crippen LogP contribution in [-0.4, -0.2) is 77.9 Å². The summed E-state index contributed by atoms with van der Waals surface area (Å²) in [6.45, 7) is 2.77. The molecule has 4 heterocycles. The minimum Gasteiger partial charge on any atom is -0.389 e. The summed E-state index contributed by atoms with van der Waals surface area (Å²) in [7, 11) is 0. The normalized spacial score (nSPS) is 16.7. The molecule has 0 fully saturated rings. The Kier molecular flexibility index (Phi) is 11.4. The number of H-pyrrole nitrogens is 2. The van der Waals surface area contributed by atoms with Crippen molar-refractivity contribution in [3.63, 3.8) is 0 Å². The van der Waals surface area contributed by atoms with Crippen LogP contribution >= 0.6 is 46.4 Å². The third kappa shape index (κ3) is 8.24. The Balaban J connectivity index is 0.000000164. The summed E-state index contributed by atoms with van der Waals surface area (Å²) >= 11 is 23.9. The molecule has 2 aromatic heterocycles. The summed E-state index contributed by atoms with van der Waals surface area (Å²) in [5.41, 5.74) is 7.69. The number of rotatable bonds is 7. The number of halogens is 4. The number of aliphatic hydroxyl groups excluding tert-OH is 4. The van der Waals surface area contributed by atoms with Gasteiger partial charge in [-0.1, -0.05) is 70.7 Å². The number of aromatic amines is 2. The van der Waals surface area contributed by atoms with Crippen molar-refractivity contribution in [1.82, 2.24) is 19.8 Å². The number of β-amino-alcohol motifs (C(OH)–C–C–N with tert-alkyl or cyclic N) is 1. The second kappa shape index (κ2) is 16.0. The summed E-state index contributed by atoms with van der Waals surface area (Å²) < 4.78 is 0. The first kappa shape index (κ1) is 37.7. The zero-order valence-electron chi connectivity index (χ0n) is 28.4. The molecule has 2 aliphatic heterocycles. The maximum Gasteiger partial charge on any atom is 0.254 e. The van der Waals surface area contributed by atoms with Crippen molar-refractivity contribution in [3.05, 3.63) is 139 Å². The first-order valence-corrected chi connectivity index (χ1v) is 18.8. The fraction of sp³-hybridized carbons (Fsp3) is 0.275. The lowest BCUT2D eigenvalue weighted by Crippen LogP contribution is -2.44. The van der Waals surface area contributed by atoms with Crippen LogP contribution in [0.4, 0.5) is 0 Å². The number of hydrogen-bond acceptors (Lipinski definition) is 6. The molecule has 6 N–H and O–H groups in total. The van der Waals surface area contributed by atoms with Gasteiger partial charge >= 0.3 is 0 Å². The van der Waals surface area contributed by atoms with Gasteiger partial charge in [-0.3, -0.25) is 9.69 Å². The van der Waals surface area contributed by atoms with Gasteiger partial charge in [0.2, 0.25) is 0 Å². The van der Waals surface area contributed by atoms with Gasteiger partial charge in [-0.2, -0.15) is 0 Å². The number of amides is 1. The van der Waals surface area contributed by atoms with Crippen LogP contribution < -0.4 is 0 Å². The van der Waals surface area contributed by atoms with E-state index in [4.69, 9.17) is 46.4 Å². The highest BCUT2D eigenvalue weighted by molar-refractivity contribution is 6.32. The van der Waals surface area contributed by atoms with Gasteiger partial charge in [-0.05, 0) is 95.8 Å². The average Bonchev–Trinajstić information content (AvgIpc) is 3.71. The third-order valence-electron chi connectivity index (χ3n) is 10.1. The van der Waals surface area contributed by atoms with E-state index in [1.165, 1.54) is 10.9 Å². The number of fused-ring (bicyclic) bond motifs is 6. The molecule has 0 spiro atoms. The van der Waals surface area contributed by atoms with E-state index >= 15 is 0 Å². The van der Waals surface area contributed by atoms with Crippen molar-refractivity contribution >= 4 is 74.1 Å². The quantitative estimate of drug-likeness (QED) is 0.0999. The number of nitrogens with zero attached hydrogens (tertiary/aromatic N) is 2. The molecule has 276 valence electrons. The maximum absolute atomic E-state index is 12.7. The molecule has 0 saturated carbocycles. The van der Waals surface area contributed by atoms with Gasteiger partial charge in [0, 0.05) is 79.5 Å². The number of hydrogen-bond donors (Lipinski definition) is 6. The van der Waals surface area contributed by atoms with Crippen LogP contribution in [-0.2, 0) is 30.7 Å². The molecule has 4 atom stereocenters. The van der Waals surface area contributed by atoms with Crippen LogP contribution in [0.15, 0.2) is 84.9 Å². The van der Waals surface area contributed by atoms with Gasteiger partial charge in [0.15, 0.2) is 6.10 Å². The number of carbonyl (C=O) groups excluding carboxylic acids is 1. The van der Waals surface area contributed by atoms with Crippen LogP contribution in [0.1, 0.15) is 45.8 Å². The van der Waals surface area contributed by atoms with E-state index in [-0.39, 0.29) is 0 Å². The smallest absolute Gasteiger partial charge is 0.254 e. The lowest BCUT2D eigenvalue weighted by molar-refractivity contribution is -0.147. The first-order valence-electron chi connectivity index (χ1n) is 17.3. The Morgan fingerprint density at radius 1 is 0.623 bits per heavy atom. The Morgan fingerprint density at radius 3 is 1.64 bits per heavy atom. The summed E-state index contributed by atoms with van der Waals surface area (Å²) in [5, 5.41) is 46.4. The summed E-state index contributed by atoms with van der Waals surface area (Å²) in [5.74, 6) is -0.500. The van der Waals surface area contributed by atoms with E-state index in [9.17, 15) is 25.2 Å². The van der Waals surface area contributed by atoms with Gasteiger partial charge in [0.1, 0.15) is 12.2 Å². The van der Waals surface area contributed by atoms with Gasteiger partial charge < -0.3 is 35.3 Å². The van der Waals surface area contributed by atoms with Crippen molar-refractivity contribution < 1.29 is 25.2 Å². The van der Waals surface area contributed by atoms with E-state index in [1.54, 1.807) is 53.4 Å². The van der Waals surface area contributed by atoms with E-state index in [0.717, 1.165) is 51.4 Å². The molecule has 53 heavy (non-hydrogen) atoms. The molecule has 1 amide bonds. The Hall–Kier alpha value is -3.61. The summed E-state index contributed by atoms with van der Waals surface area (Å²) in [6.07, 6.45) is -3.10. The molecular weight excluding hydrogens is 758 g/mol. The molecule has 0 saturated heterocycles. The van der Waals surface area contributed by atoms with E-state index < -0.39 is 30.3 Å². The maximum atomic E-state index is 12.7. The largest absolute Gasteiger partial charge is 0.389 e. The zero-order valence-corrected chi connectivity index (χ0v) is 31.5. The second-order valence-corrected chi connectivity index (χ2v) is 15.3. The Bertz CT molecular complexity index is 2240. The molecule has 0 radical (unpaired) electrons. The molecule has 4 unspecified atom stereocenters. The molecule has 8 rings (SSSR count). The lowest BCUT2D eigenvalue weighted by Gasteiger charge is -2.30. The topological polar surface area (TPSA) is 136 Å². The monoisotopic (exact) mass is 794 g/mol. The van der Waals surface area contributed by atoms with Crippen LogP contribution in [0, 0.1) is 0 Å². The molecule has 2 aliphatic rings. The van der Waals surface area contributed by atoms with Gasteiger partial charge in [0.05, 0.1) is 12.6 Å². The number of aliphatic hydroxyl groups is 4. The SMILES string of the molecule is O=C(C(O)C(O)c1ccc(Cl)cc1)N1CCc2c([nH]c3ccc(Cl)cc23)C1.OC(CN1CCc2c([nH]c3ccc(Cl)cc23)C1)C(O)c1ccc(Cl)cc1.